The fraction of sp³-hybridized carbons (Fsp3) is 0.318. The minimum Gasteiger partial charge on any atom is -0.325 e. The van der Waals surface area contributed by atoms with Crippen molar-refractivity contribution >= 4 is 11.7 Å². The van der Waals surface area contributed by atoms with Gasteiger partial charge in [-0.15, -0.1) is 0 Å². The Morgan fingerprint density at radius 1 is 0.800 bits per heavy atom. The average molecular weight is 332 g/mol. The van der Waals surface area contributed by atoms with Gasteiger partial charge in [0.05, 0.1) is 0 Å². The van der Waals surface area contributed by atoms with Crippen molar-refractivity contribution < 1.29 is 4.79 Å². The molecular weight excluding hydrogens is 308 g/mol. The molecule has 1 saturated heterocycles. The molecule has 2 aromatic rings. The quantitative estimate of drug-likeness (QED) is 0.741. The van der Waals surface area contributed by atoms with Gasteiger partial charge in [0.2, 0.25) is 0 Å². The van der Waals surface area contributed by atoms with Gasteiger partial charge in [0.1, 0.15) is 0 Å². The van der Waals surface area contributed by atoms with Gasteiger partial charge in [-0.1, -0.05) is 55.4 Å². The monoisotopic (exact) mass is 332 g/mol. The van der Waals surface area contributed by atoms with Gasteiger partial charge in [0.15, 0.2) is 0 Å². The van der Waals surface area contributed by atoms with Crippen LogP contribution in [0.25, 0.3) is 0 Å². The molecule has 0 atom stereocenters. The van der Waals surface area contributed by atoms with Crippen molar-refractivity contribution in [1.82, 2.24) is 4.90 Å². The van der Waals surface area contributed by atoms with E-state index in [9.17, 15) is 4.79 Å². The summed E-state index contributed by atoms with van der Waals surface area (Å²) in [6, 6.07) is 17.6. The summed E-state index contributed by atoms with van der Waals surface area (Å²) in [4.78, 5) is 14.4. The summed E-state index contributed by atoms with van der Waals surface area (Å²) in [6.45, 7) is 1.69. The normalized spacial score (nSPS) is 14.6. The molecule has 2 amide bonds. The van der Waals surface area contributed by atoms with E-state index in [-0.39, 0.29) is 6.03 Å². The smallest absolute Gasteiger partial charge is 0.321 e. The molecule has 1 fully saturated rings. The lowest BCUT2D eigenvalue weighted by atomic mass is 10.1. The molecule has 2 aromatic carbocycles. The number of carbonyl (C=O) groups is 1. The summed E-state index contributed by atoms with van der Waals surface area (Å²) in [5.74, 6) is 6.30. The fourth-order valence-electron chi connectivity index (χ4n) is 2.99. The Labute approximate surface area is 150 Å². The minimum absolute atomic E-state index is 0.00457. The van der Waals surface area contributed by atoms with Gasteiger partial charge in [-0.25, -0.2) is 4.79 Å². The molecule has 1 aliphatic heterocycles. The number of hydrogen-bond donors (Lipinski definition) is 1. The zero-order valence-corrected chi connectivity index (χ0v) is 14.5. The predicted octanol–water partition coefficient (Wildman–Crippen LogP) is 4.88. The largest absolute Gasteiger partial charge is 0.325 e. The number of amides is 2. The van der Waals surface area contributed by atoms with E-state index in [1.165, 1.54) is 19.3 Å². The Hall–Kier alpha value is -2.73. The predicted molar refractivity (Wildman–Crippen MR) is 103 cm³/mol. The summed E-state index contributed by atoms with van der Waals surface area (Å²) < 4.78 is 0. The topological polar surface area (TPSA) is 32.3 Å². The lowest BCUT2D eigenvalue weighted by Gasteiger charge is -2.25. The number of rotatable bonds is 1. The average Bonchev–Trinajstić information content (AvgIpc) is 2.61. The van der Waals surface area contributed by atoms with Crippen LogP contribution in [0.4, 0.5) is 10.5 Å². The van der Waals surface area contributed by atoms with E-state index in [1.54, 1.807) is 0 Å². The highest BCUT2D eigenvalue weighted by Gasteiger charge is 2.14. The zero-order valence-electron chi connectivity index (χ0n) is 14.5. The molecule has 0 bridgehead atoms. The molecule has 3 nitrogen and oxygen atoms in total. The van der Waals surface area contributed by atoms with Gasteiger partial charge in [-0.05, 0) is 43.2 Å². The molecule has 1 N–H and O–H groups in total. The first-order valence-electron chi connectivity index (χ1n) is 9.04. The van der Waals surface area contributed by atoms with E-state index in [2.05, 4.69) is 17.2 Å². The van der Waals surface area contributed by atoms with Crippen LogP contribution in [-0.2, 0) is 0 Å². The number of carbonyl (C=O) groups excluding carboxylic acids is 1. The number of nitrogens with zero attached hydrogens (tertiary/aromatic N) is 1. The second-order valence-electron chi connectivity index (χ2n) is 6.38. The second kappa shape index (κ2) is 8.94. The molecule has 128 valence electrons. The van der Waals surface area contributed by atoms with Gasteiger partial charge in [-0.3, -0.25) is 0 Å². The van der Waals surface area contributed by atoms with Crippen LogP contribution in [0.3, 0.4) is 0 Å². The molecule has 25 heavy (non-hydrogen) atoms. The van der Waals surface area contributed by atoms with Crippen molar-refractivity contribution in [2.24, 2.45) is 0 Å². The van der Waals surface area contributed by atoms with Crippen LogP contribution in [0.5, 0.6) is 0 Å². The van der Waals surface area contributed by atoms with Crippen molar-refractivity contribution in [3.8, 4) is 11.8 Å². The first-order valence-corrected chi connectivity index (χ1v) is 9.04. The highest BCUT2D eigenvalue weighted by atomic mass is 16.2. The van der Waals surface area contributed by atoms with Crippen molar-refractivity contribution in [2.45, 2.75) is 32.1 Å². The van der Waals surface area contributed by atoms with Gasteiger partial charge >= 0.3 is 6.03 Å². The van der Waals surface area contributed by atoms with E-state index in [0.717, 1.165) is 42.7 Å². The molecule has 0 aliphatic carbocycles. The third-order valence-electron chi connectivity index (χ3n) is 4.38. The van der Waals surface area contributed by atoms with Crippen molar-refractivity contribution in [3.05, 3.63) is 65.7 Å². The summed E-state index contributed by atoms with van der Waals surface area (Å²) in [5, 5.41) is 3.02. The third kappa shape index (κ3) is 5.39. The van der Waals surface area contributed by atoms with Crippen molar-refractivity contribution in [3.63, 3.8) is 0 Å². The van der Waals surface area contributed by atoms with E-state index in [0.29, 0.717) is 0 Å². The molecule has 0 radical (unpaired) electrons. The first-order chi connectivity index (χ1) is 12.3. The van der Waals surface area contributed by atoms with E-state index < -0.39 is 0 Å². The Morgan fingerprint density at radius 2 is 1.44 bits per heavy atom. The molecule has 1 heterocycles. The van der Waals surface area contributed by atoms with Gasteiger partial charge < -0.3 is 10.2 Å². The molecular formula is C22H24N2O. The summed E-state index contributed by atoms with van der Waals surface area (Å²) in [6.07, 6.45) is 5.91. The Bertz CT molecular complexity index is 750. The number of urea groups is 1. The molecule has 0 unspecified atom stereocenters. The summed E-state index contributed by atoms with van der Waals surface area (Å²) >= 11 is 0. The van der Waals surface area contributed by atoms with Gasteiger partial charge in [0.25, 0.3) is 0 Å². The van der Waals surface area contributed by atoms with E-state index >= 15 is 0 Å². The highest BCUT2D eigenvalue weighted by molar-refractivity contribution is 5.89. The molecule has 0 saturated carbocycles. The van der Waals surface area contributed by atoms with Crippen LogP contribution in [0.1, 0.15) is 43.2 Å². The maximum absolute atomic E-state index is 12.5. The highest BCUT2D eigenvalue weighted by Crippen LogP contribution is 2.14. The molecule has 0 spiro atoms. The van der Waals surface area contributed by atoms with E-state index in [4.69, 9.17) is 0 Å². The number of likely N-dealkylation sites (tertiary alicyclic amines) is 1. The fourth-order valence-corrected chi connectivity index (χ4v) is 2.99. The Kier molecular flexibility index (Phi) is 6.11. The maximum atomic E-state index is 12.5. The van der Waals surface area contributed by atoms with Crippen LogP contribution in [0.2, 0.25) is 0 Å². The van der Waals surface area contributed by atoms with Crippen LogP contribution >= 0.6 is 0 Å². The molecule has 3 heteroatoms. The lowest BCUT2D eigenvalue weighted by molar-refractivity contribution is 0.206. The van der Waals surface area contributed by atoms with Crippen LogP contribution < -0.4 is 5.32 Å². The Balaban J connectivity index is 1.65. The van der Waals surface area contributed by atoms with E-state index in [1.807, 2.05) is 59.5 Å². The van der Waals surface area contributed by atoms with Gasteiger partial charge in [-0.2, -0.15) is 0 Å². The SMILES string of the molecule is O=C(Nc1cccc(C#Cc2ccccc2)c1)N1CCCCCCC1. The zero-order chi connectivity index (χ0) is 17.3. The Morgan fingerprint density at radius 3 is 2.20 bits per heavy atom. The molecule has 1 aliphatic rings. The lowest BCUT2D eigenvalue weighted by Crippen LogP contribution is -2.37. The third-order valence-corrected chi connectivity index (χ3v) is 4.38. The van der Waals surface area contributed by atoms with Crippen LogP contribution in [-0.4, -0.2) is 24.0 Å². The minimum atomic E-state index is -0.00457. The number of benzene rings is 2. The summed E-state index contributed by atoms with van der Waals surface area (Å²) in [7, 11) is 0. The van der Waals surface area contributed by atoms with Crippen molar-refractivity contribution in [1.29, 1.82) is 0 Å². The standard InChI is InChI=1S/C22H24N2O/c25-22(24-16-7-2-1-3-8-17-24)23-21-13-9-12-20(18-21)15-14-19-10-5-4-6-11-19/h4-6,9-13,18H,1-3,7-8,16-17H2,(H,23,25). The first kappa shape index (κ1) is 17.1. The van der Waals surface area contributed by atoms with Gasteiger partial charge in [0, 0.05) is 29.9 Å². The molecule has 0 aromatic heterocycles. The van der Waals surface area contributed by atoms with Crippen LogP contribution in [0.15, 0.2) is 54.6 Å². The number of nitrogens with one attached hydrogen (secondary N) is 1. The van der Waals surface area contributed by atoms with Crippen molar-refractivity contribution in [2.75, 3.05) is 18.4 Å². The summed E-state index contributed by atoms with van der Waals surface area (Å²) in [5.41, 5.74) is 2.68. The molecule has 3 rings (SSSR count). The maximum Gasteiger partial charge on any atom is 0.321 e. The second-order valence-corrected chi connectivity index (χ2v) is 6.38. The van der Waals surface area contributed by atoms with Crippen LogP contribution in [0, 0.1) is 11.8 Å². The number of hydrogen-bond acceptors (Lipinski definition) is 1. The number of anilines is 1.